The summed E-state index contributed by atoms with van der Waals surface area (Å²) in [6.07, 6.45) is 6.67. The number of fused-ring (bicyclic) bond motifs is 4. The second-order valence-electron chi connectivity index (χ2n) is 8.52. The van der Waals surface area contributed by atoms with Crippen LogP contribution in [0.4, 0.5) is 0 Å². The number of Topliss-reactive ketones (excluding diaryl/α,β-unsaturated/α-hetero) is 1. The minimum atomic E-state index is 0.0220. The van der Waals surface area contributed by atoms with Crippen molar-refractivity contribution in [3.05, 3.63) is 68.4 Å². The van der Waals surface area contributed by atoms with Crippen molar-refractivity contribution in [2.45, 2.75) is 38.5 Å². The molecule has 0 aromatic heterocycles. The number of hydrogen-bond acceptors (Lipinski definition) is 2. The number of ether oxygens (including phenoxy) is 1. The lowest BCUT2D eigenvalue weighted by Gasteiger charge is -2.33. The fourth-order valence-corrected chi connectivity index (χ4v) is 5.02. The second kappa shape index (κ2) is 6.45. The zero-order chi connectivity index (χ0) is 18.5. The van der Waals surface area contributed by atoms with Crippen LogP contribution < -0.4 is 10.4 Å². The van der Waals surface area contributed by atoms with Crippen LogP contribution in [0.3, 0.4) is 0 Å². The van der Waals surface area contributed by atoms with E-state index < -0.39 is 0 Å². The quantitative estimate of drug-likeness (QED) is 0.841. The lowest BCUT2D eigenvalue weighted by atomic mass is 9.72. The number of ketones is 1. The molecule has 138 valence electrons. The lowest BCUT2D eigenvalue weighted by Crippen LogP contribution is -2.40. The Balaban J connectivity index is 1.84. The van der Waals surface area contributed by atoms with Crippen molar-refractivity contribution in [2.24, 2.45) is 11.8 Å². The topological polar surface area (TPSA) is 26.3 Å². The Morgan fingerprint density at radius 1 is 1.00 bits per heavy atom. The average molecular weight is 358 g/mol. The third kappa shape index (κ3) is 2.62. The highest BCUT2D eigenvalue weighted by molar-refractivity contribution is 5.89. The van der Waals surface area contributed by atoms with Crippen LogP contribution >= 0.6 is 0 Å². The maximum atomic E-state index is 13.2. The molecule has 0 saturated carbocycles. The molecule has 1 fully saturated rings. The Labute approximate surface area is 159 Å². The van der Waals surface area contributed by atoms with Gasteiger partial charge in [-0.25, -0.2) is 0 Å². The van der Waals surface area contributed by atoms with Crippen molar-refractivity contribution >= 4 is 17.9 Å². The van der Waals surface area contributed by atoms with E-state index in [2.05, 4.69) is 62.4 Å². The molecule has 3 aliphatic rings. The molecule has 2 aliphatic carbocycles. The van der Waals surface area contributed by atoms with Gasteiger partial charge >= 0.3 is 0 Å². The van der Waals surface area contributed by atoms with Crippen LogP contribution in [0.1, 0.15) is 49.7 Å². The molecule has 0 spiro atoms. The van der Waals surface area contributed by atoms with E-state index in [4.69, 9.17) is 4.74 Å². The summed E-state index contributed by atoms with van der Waals surface area (Å²) in [4.78, 5) is 13.2. The number of benzene rings is 2. The number of rotatable bonds is 3. The number of carbonyl (C=O) groups is 1. The first-order chi connectivity index (χ1) is 13.1. The zero-order valence-corrected chi connectivity index (χ0v) is 16.1. The summed E-state index contributed by atoms with van der Waals surface area (Å²) in [5, 5.41) is 5.22. The largest absolute Gasteiger partial charge is 0.380 e. The van der Waals surface area contributed by atoms with Gasteiger partial charge in [-0.1, -0.05) is 62.4 Å². The maximum Gasteiger partial charge on any atom is 0.148 e. The van der Waals surface area contributed by atoms with Gasteiger partial charge in [0, 0.05) is 11.8 Å². The van der Waals surface area contributed by atoms with Crippen LogP contribution in [0, 0.1) is 22.3 Å². The van der Waals surface area contributed by atoms with E-state index in [1.165, 1.54) is 32.0 Å². The molecule has 2 heteroatoms. The van der Waals surface area contributed by atoms with E-state index >= 15 is 0 Å². The molecule has 2 aromatic rings. The van der Waals surface area contributed by atoms with E-state index in [-0.39, 0.29) is 11.8 Å². The van der Waals surface area contributed by atoms with Gasteiger partial charge in [0.1, 0.15) is 5.78 Å². The molecule has 2 aromatic carbocycles. The second-order valence-corrected chi connectivity index (χ2v) is 8.52. The summed E-state index contributed by atoms with van der Waals surface area (Å²) >= 11 is 0. The fraction of sp³-hybridized carbons (Fsp3) is 0.400. The van der Waals surface area contributed by atoms with Crippen molar-refractivity contribution in [1.82, 2.24) is 0 Å². The molecule has 27 heavy (non-hydrogen) atoms. The van der Waals surface area contributed by atoms with E-state index in [0.29, 0.717) is 30.8 Å². The van der Waals surface area contributed by atoms with Crippen LogP contribution in [0.2, 0.25) is 0 Å². The lowest BCUT2D eigenvalue weighted by molar-refractivity contribution is -0.138. The third-order valence-electron chi connectivity index (χ3n) is 6.53. The zero-order valence-electron chi connectivity index (χ0n) is 16.1. The van der Waals surface area contributed by atoms with Gasteiger partial charge in [0.15, 0.2) is 0 Å². The monoisotopic (exact) mass is 358 g/mol. The summed E-state index contributed by atoms with van der Waals surface area (Å²) in [6, 6.07) is 13.2. The first-order valence-electron chi connectivity index (χ1n) is 10.2. The predicted octanol–water partition coefficient (Wildman–Crippen LogP) is 3.38. The van der Waals surface area contributed by atoms with Gasteiger partial charge in [-0.3, -0.25) is 4.79 Å². The van der Waals surface area contributed by atoms with Crippen molar-refractivity contribution in [1.29, 1.82) is 0 Å². The Kier molecular flexibility index (Phi) is 4.05. The van der Waals surface area contributed by atoms with E-state index in [0.717, 1.165) is 12.8 Å². The van der Waals surface area contributed by atoms with Gasteiger partial charge in [0.05, 0.1) is 19.1 Å². The highest BCUT2D eigenvalue weighted by Gasteiger charge is 2.36. The first kappa shape index (κ1) is 16.9. The van der Waals surface area contributed by atoms with Crippen LogP contribution in [0.25, 0.3) is 12.2 Å². The molecule has 2 atom stereocenters. The molecule has 0 amide bonds. The highest BCUT2D eigenvalue weighted by Crippen LogP contribution is 2.38. The molecular weight excluding hydrogens is 332 g/mol. The summed E-state index contributed by atoms with van der Waals surface area (Å²) < 4.78 is 5.32. The molecule has 5 rings (SSSR count). The Hall–Kier alpha value is -2.19. The van der Waals surface area contributed by atoms with Crippen molar-refractivity contribution < 1.29 is 9.53 Å². The summed E-state index contributed by atoms with van der Waals surface area (Å²) in [6.45, 7) is 5.79. The normalized spacial score (nSPS) is 23.4. The van der Waals surface area contributed by atoms with Gasteiger partial charge in [-0.2, -0.15) is 0 Å². The molecule has 1 aliphatic heterocycles. The molecule has 2 nitrogen and oxygen atoms in total. The summed E-state index contributed by atoms with van der Waals surface area (Å²) in [5.41, 5.74) is 2.70. The Bertz CT molecular complexity index is 1120. The van der Waals surface area contributed by atoms with Gasteiger partial charge in [0.2, 0.25) is 0 Å². The van der Waals surface area contributed by atoms with Gasteiger partial charge in [-0.05, 0) is 50.8 Å². The van der Waals surface area contributed by atoms with Crippen LogP contribution in [0.5, 0.6) is 0 Å². The minimum absolute atomic E-state index is 0.0220. The van der Waals surface area contributed by atoms with E-state index in [1.807, 2.05) is 0 Å². The van der Waals surface area contributed by atoms with Crippen LogP contribution in [0.15, 0.2) is 36.4 Å². The molecule has 0 radical (unpaired) electrons. The molecule has 1 unspecified atom stereocenters. The smallest absolute Gasteiger partial charge is 0.148 e. The summed E-state index contributed by atoms with van der Waals surface area (Å²) in [5.74, 6) is 1.35. The Morgan fingerprint density at radius 2 is 1.81 bits per heavy atom. The molecule has 0 bridgehead atoms. The van der Waals surface area contributed by atoms with Crippen molar-refractivity contribution in [3.8, 4) is 0 Å². The predicted molar refractivity (Wildman–Crippen MR) is 108 cm³/mol. The van der Waals surface area contributed by atoms with Gasteiger partial charge in [0.25, 0.3) is 0 Å². The first-order valence-corrected chi connectivity index (χ1v) is 10.2. The third-order valence-corrected chi connectivity index (χ3v) is 6.53. The van der Waals surface area contributed by atoms with E-state index in [9.17, 15) is 4.79 Å². The van der Waals surface area contributed by atoms with Crippen molar-refractivity contribution in [2.75, 3.05) is 13.2 Å². The average Bonchev–Trinajstić information content (AvgIpc) is 2.64. The SMILES string of the molecule is CC(C)C1C=c2ccccc2=c2ccc3c(c21)[C@H](C(=O)C1COC1)CCC=3. The van der Waals surface area contributed by atoms with Gasteiger partial charge in [-0.15, -0.1) is 0 Å². The maximum absolute atomic E-state index is 13.2. The fourth-order valence-electron chi connectivity index (χ4n) is 5.02. The molecule has 0 N–H and O–H groups in total. The van der Waals surface area contributed by atoms with Crippen LogP contribution in [-0.4, -0.2) is 19.0 Å². The summed E-state index contributed by atoms with van der Waals surface area (Å²) in [7, 11) is 0. The number of carbonyl (C=O) groups excluding carboxylic acids is 1. The molecule has 1 saturated heterocycles. The van der Waals surface area contributed by atoms with Gasteiger partial charge < -0.3 is 4.74 Å². The standard InChI is InChI=1S/C25H26O2/c1-15(2)22-12-17-6-3-4-8-19(17)20-11-10-16-7-5-9-21(23(16)24(20)22)25(26)18-13-27-14-18/h3-4,6-8,10-12,15,18,21-22H,5,9,13-14H2,1-2H3/t21-,22?/m1/s1. The van der Waals surface area contributed by atoms with Crippen molar-refractivity contribution in [3.63, 3.8) is 0 Å². The van der Waals surface area contributed by atoms with E-state index in [1.54, 1.807) is 0 Å². The highest BCUT2D eigenvalue weighted by atomic mass is 16.5. The molecule has 1 heterocycles. The van der Waals surface area contributed by atoms with Crippen LogP contribution in [-0.2, 0) is 9.53 Å². The minimum Gasteiger partial charge on any atom is -0.380 e. The number of hydrogen-bond donors (Lipinski definition) is 0. The molecular formula is C25H26O2. The Morgan fingerprint density at radius 3 is 2.56 bits per heavy atom.